The summed E-state index contributed by atoms with van der Waals surface area (Å²) in [6.45, 7) is 5.25. The molecule has 0 fully saturated rings. The van der Waals surface area contributed by atoms with E-state index in [-0.39, 0.29) is 17.1 Å². The molecule has 0 bridgehead atoms. The highest BCUT2D eigenvalue weighted by atomic mass is 16.6. The molecule has 3 N–H and O–H groups in total. The van der Waals surface area contributed by atoms with Gasteiger partial charge >= 0.3 is 5.97 Å². The fraction of sp³-hybridized carbons (Fsp3) is 0.182. The summed E-state index contributed by atoms with van der Waals surface area (Å²) in [7, 11) is 0. The number of ether oxygens (including phenoxy) is 1. The van der Waals surface area contributed by atoms with Crippen molar-refractivity contribution in [1.29, 1.82) is 0 Å². The average molecular weight is 390 g/mol. The number of rotatable bonds is 4. The highest BCUT2D eigenvalue weighted by molar-refractivity contribution is 6.09. The summed E-state index contributed by atoms with van der Waals surface area (Å²) in [5, 5.41) is 2.68. The van der Waals surface area contributed by atoms with Crippen molar-refractivity contribution in [3.63, 3.8) is 0 Å². The molecule has 0 saturated heterocycles. The fourth-order valence-electron chi connectivity index (χ4n) is 2.63. The van der Waals surface area contributed by atoms with Crippen LogP contribution < -0.4 is 11.1 Å². The minimum absolute atomic E-state index is 0.0401. The third kappa shape index (κ3) is 4.95. The molecule has 7 nitrogen and oxygen atoms in total. The Hall–Kier alpha value is -3.74. The monoisotopic (exact) mass is 390 g/mol. The number of hydrogen-bond acceptors (Lipinski definition) is 6. The lowest BCUT2D eigenvalue weighted by Gasteiger charge is -2.20. The number of hydrogen-bond donors (Lipinski definition) is 2. The Balaban J connectivity index is 1.83. The number of anilines is 2. The summed E-state index contributed by atoms with van der Waals surface area (Å²) in [6.07, 6.45) is 4.81. The van der Waals surface area contributed by atoms with Gasteiger partial charge in [0.25, 0.3) is 5.91 Å². The minimum atomic E-state index is -0.701. The summed E-state index contributed by atoms with van der Waals surface area (Å²) in [4.78, 5) is 33.2. The molecule has 0 aliphatic carbocycles. The van der Waals surface area contributed by atoms with Crippen LogP contribution in [0.4, 0.5) is 11.4 Å². The van der Waals surface area contributed by atoms with Crippen molar-refractivity contribution < 1.29 is 14.3 Å². The Morgan fingerprint density at radius 1 is 0.931 bits per heavy atom. The maximum Gasteiger partial charge on any atom is 0.359 e. The summed E-state index contributed by atoms with van der Waals surface area (Å²) >= 11 is 0. The number of aromatic nitrogens is 2. The third-order valence-corrected chi connectivity index (χ3v) is 3.97. The quantitative estimate of drug-likeness (QED) is 0.654. The lowest BCUT2D eigenvalue weighted by atomic mass is 10.0. The molecule has 0 unspecified atom stereocenters. The number of esters is 1. The van der Waals surface area contributed by atoms with Crippen LogP contribution in [0, 0.1) is 0 Å². The van der Waals surface area contributed by atoms with E-state index in [0.29, 0.717) is 5.56 Å². The van der Waals surface area contributed by atoms with Crippen LogP contribution in [0.5, 0.6) is 0 Å². The molecular formula is C22H22N4O3. The maximum absolute atomic E-state index is 12.7. The number of nitrogens with two attached hydrogens (primary N) is 1. The van der Waals surface area contributed by atoms with Crippen LogP contribution in [0.2, 0.25) is 0 Å². The molecule has 0 aliphatic heterocycles. The van der Waals surface area contributed by atoms with E-state index in [0.717, 1.165) is 11.1 Å². The number of carbonyl (C=O) groups excluding carboxylic acids is 2. The Morgan fingerprint density at radius 2 is 1.55 bits per heavy atom. The predicted octanol–water partition coefficient (Wildman–Crippen LogP) is 3.93. The van der Waals surface area contributed by atoms with Crippen LogP contribution >= 0.6 is 0 Å². The molecule has 3 rings (SSSR count). The van der Waals surface area contributed by atoms with Crippen molar-refractivity contribution in [3.05, 3.63) is 72.3 Å². The topological polar surface area (TPSA) is 107 Å². The Bertz CT molecular complexity index is 1030. The van der Waals surface area contributed by atoms with Crippen LogP contribution in [-0.2, 0) is 4.74 Å². The smallest absolute Gasteiger partial charge is 0.359 e. The molecule has 7 heteroatoms. The summed E-state index contributed by atoms with van der Waals surface area (Å²) in [6, 6.07) is 12.4. The molecule has 2 aromatic heterocycles. The van der Waals surface area contributed by atoms with Gasteiger partial charge in [-0.1, -0.05) is 12.1 Å². The van der Waals surface area contributed by atoms with Crippen LogP contribution in [-0.4, -0.2) is 27.4 Å². The number of nitrogen functional groups attached to an aromatic ring is 1. The molecule has 1 amide bonds. The molecule has 0 atom stereocenters. The van der Waals surface area contributed by atoms with Crippen molar-refractivity contribution >= 4 is 23.3 Å². The third-order valence-electron chi connectivity index (χ3n) is 3.97. The van der Waals surface area contributed by atoms with Gasteiger partial charge in [0.15, 0.2) is 5.69 Å². The second kappa shape index (κ2) is 8.10. The SMILES string of the molecule is CC(C)(C)OC(=O)c1nccc(N)c1NC(=O)c1ccc(-c2ccncc2)cc1. The van der Waals surface area contributed by atoms with Crippen molar-refractivity contribution in [2.24, 2.45) is 0 Å². The molecule has 0 spiro atoms. The van der Waals surface area contributed by atoms with Gasteiger partial charge in [0.05, 0.1) is 11.4 Å². The Labute approximate surface area is 169 Å². The fourth-order valence-corrected chi connectivity index (χ4v) is 2.63. The van der Waals surface area contributed by atoms with E-state index in [1.807, 2.05) is 24.3 Å². The van der Waals surface area contributed by atoms with E-state index >= 15 is 0 Å². The second-order valence-electron chi connectivity index (χ2n) is 7.39. The van der Waals surface area contributed by atoms with Gasteiger partial charge in [-0.2, -0.15) is 0 Å². The number of pyridine rings is 2. The average Bonchev–Trinajstić information content (AvgIpc) is 2.69. The molecular weight excluding hydrogens is 368 g/mol. The van der Waals surface area contributed by atoms with E-state index < -0.39 is 17.5 Å². The van der Waals surface area contributed by atoms with Crippen LogP contribution in [0.3, 0.4) is 0 Å². The predicted molar refractivity (Wildman–Crippen MR) is 111 cm³/mol. The molecule has 29 heavy (non-hydrogen) atoms. The Morgan fingerprint density at radius 3 is 2.17 bits per heavy atom. The van der Waals surface area contributed by atoms with Gasteiger partial charge < -0.3 is 15.8 Å². The van der Waals surface area contributed by atoms with Gasteiger partial charge in [0.1, 0.15) is 5.60 Å². The summed E-state index contributed by atoms with van der Waals surface area (Å²) < 4.78 is 5.36. The van der Waals surface area contributed by atoms with E-state index in [1.165, 1.54) is 12.3 Å². The van der Waals surface area contributed by atoms with E-state index in [2.05, 4.69) is 15.3 Å². The zero-order valence-electron chi connectivity index (χ0n) is 16.5. The van der Waals surface area contributed by atoms with Crippen LogP contribution in [0.15, 0.2) is 61.1 Å². The van der Waals surface area contributed by atoms with Crippen LogP contribution in [0.25, 0.3) is 11.1 Å². The first kappa shape index (κ1) is 20.0. The molecule has 1 aromatic carbocycles. The van der Waals surface area contributed by atoms with Crippen molar-refractivity contribution in [3.8, 4) is 11.1 Å². The first-order valence-corrected chi connectivity index (χ1v) is 9.04. The van der Waals surface area contributed by atoms with Gasteiger partial charge in [0, 0.05) is 24.2 Å². The summed E-state index contributed by atoms with van der Waals surface area (Å²) in [5.74, 6) is -1.07. The highest BCUT2D eigenvalue weighted by Gasteiger charge is 2.24. The summed E-state index contributed by atoms with van der Waals surface area (Å²) in [5.41, 5.74) is 7.97. The first-order valence-electron chi connectivity index (χ1n) is 9.04. The molecule has 0 radical (unpaired) electrons. The second-order valence-corrected chi connectivity index (χ2v) is 7.39. The zero-order valence-corrected chi connectivity index (χ0v) is 16.5. The molecule has 148 valence electrons. The molecule has 2 heterocycles. The number of nitrogens with one attached hydrogen (secondary N) is 1. The normalized spacial score (nSPS) is 11.0. The lowest BCUT2D eigenvalue weighted by molar-refractivity contribution is 0.00642. The van der Waals surface area contributed by atoms with Gasteiger partial charge in [-0.25, -0.2) is 9.78 Å². The van der Waals surface area contributed by atoms with E-state index in [4.69, 9.17) is 10.5 Å². The zero-order chi connectivity index (χ0) is 21.0. The van der Waals surface area contributed by atoms with E-state index in [1.54, 1.807) is 45.3 Å². The van der Waals surface area contributed by atoms with Crippen LogP contribution in [0.1, 0.15) is 41.6 Å². The first-order chi connectivity index (χ1) is 13.7. The van der Waals surface area contributed by atoms with Gasteiger partial charge in [-0.3, -0.25) is 9.78 Å². The minimum Gasteiger partial charge on any atom is -0.455 e. The lowest BCUT2D eigenvalue weighted by Crippen LogP contribution is -2.26. The Kier molecular flexibility index (Phi) is 5.59. The molecule has 3 aromatic rings. The van der Waals surface area contributed by atoms with Gasteiger partial charge in [-0.05, 0) is 62.2 Å². The van der Waals surface area contributed by atoms with Crippen molar-refractivity contribution in [2.75, 3.05) is 11.1 Å². The van der Waals surface area contributed by atoms with E-state index in [9.17, 15) is 9.59 Å². The molecule has 0 aliphatic rings. The number of nitrogens with zero attached hydrogens (tertiary/aromatic N) is 2. The molecule has 0 saturated carbocycles. The van der Waals surface area contributed by atoms with Gasteiger partial charge in [0.2, 0.25) is 0 Å². The largest absolute Gasteiger partial charge is 0.455 e. The number of amides is 1. The van der Waals surface area contributed by atoms with Crippen molar-refractivity contribution in [2.45, 2.75) is 26.4 Å². The number of carbonyl (C=O) groups is 2. The maximum atomic E-state index is 12.7. The standard InChI is InChI=1S/C22H22N4O3/c1-22(2,3)29-21(28)19-18(17(23)10-13-25-19)26-20(27)16-6-4-14(5-7-16)15-8-11-24-12-9-15/h4-13H,1-3H3,(H2,23,25)(H,26,27). The highest BCUT2D eigenvalue weighted by Crippen LogP contribution is 2.25. The number of benzene rings is 1. The van der Waals surface area contributed by atoms with Gasteiger partial charge in [-0.15, -0.1) is 0 Å². The van der Waals surface area contributed by atoms with Crippen molar-refractivity contribution in [1.82, 2.24) is 9.97 Å².